The van der Waals surface area contributed by atoms with E-state index in [4.69, 9.17) is 10.5 Å². The zero-order chi connectivity index (χ0) is 15.7. The van der Waals surface area contributed by atoms with E-state index < -0.39 is 12.0 Å². The van der Waals surface area contributed by atoms with Gasteiger partial charge in [-0.05, 0) is 20.3 Å². The van der Waals surface area contributed by atoms with Crippen LogP contribution in [0.25, 0.3) is 0 Å². The van der Waals surface area contributed by atoms with Crippen LogP contribution in [-0.2, 0) is 14.3 Å². The minimum Gasteiger partial charge on any atom is -0.461 e. The summed E-state index contributed by atoms with van der Waals surface area (Å²) in [6.07, 6.45) is 0.588. The first-order valence-corrected chi connectivity index (χ1v) is 6.70. The number of anilines is 1. The fraction of sp³-hybridized carbons (Fsp3) is 0.538. The van der Waals surface area contributed by atoms with Gasteiger partial charge in [0.1, 0.15) is 17.7 Å². The molecule has 114 valence electrons. The first-order valence-electron chi connectivity index (χ1n) is 6.70. The van der Waals surface area contributed by atoms with Crippen molar-refractivity contribution in [3.63, 3.8) is 0 Å². The number of aromatic nitrogens is 2. The van der Waals surface area contributed by atoms with Crippen molar-refractivity contribution in [2.45, 2.75) is 32.7 Å². The van der Waals surface area contributed by atoms with Crippen LogP contribution >= 0.6 is 0 Å². The maximum Gasteiger partial charge on any atom is 0.360 e. The highest BCUT2D eigenvalue weighted by atomic mass is 16.5. The van der Waals surface area contributed by atoms with E-state index in [0.717, 1.165) is 4.90 Å². The lowest BCUT2D eigenvalue weighted by Crippen LogP contribution is -2.43. The van der Waals surface area contributed by atoms with Gasteiger partial charge in [-0.2, -0.15) is 0 Å². The predicted molar refractivity (Wildman–Crippen MR) is 73.4 cm³/mol. The molecule has 8 heteroatoms. The number of nitrogens with zero attached hydrogens (tertiary/aromatic N) is 3. The zero-order valence-corrected chi connectivity index (χ0v) is 12.3. The number of likely N-dealkylation sites (N-methyl/N-ethyl adjacent to an activating group) is 1. The Morgan fingerprint density at radius 1 is 1.48 bits per heavy atom. The van der Waals surface area contributed by atoms with Gasteiger partial charge in [-0.15, -0.1) is 0 Å². The molecule has 1 fully saturated rings. The van der Waals surface area contributed by atoms with Gasteiger partial charge >= 0.3 is 5.97 Å². The molecule has 21 heavy (non-hydrogen) atoms. The number of carbonyl (C=O) groups excluding carboxylic acids is 3. The molecule has 1 unspecified atom stereocenters. The SMILES string of the molecule is CCOC(=O)c1nc(C)n(C2CCC(=O)N(C)C2=O)c1N. The minimum absolute atomic E-state index is 0.00158. The summed E-state index contributed by atoms with van der Waals surface area (Å²) in [5.74, 6) is -0.666. The molecule has 2 rings (SSSR count). The Labute approximate surface area is 121 Å². The van der Waals surface area contributed by atoms with Crippen LogP contribution in [0.1, 0.15) is 42.1 Å². The van der Waals surface area contributed by atoms with Gasteiger partial charge in [-0.3, -0.25) is 14.5 Å². The lowest BCUT2D eigenvalue weighted by atomic mass is 10.0. The van der Waals surface area contributed by atoms with E-state index in [1.165, 1.54) is 11.6 Å². The second-order valence-corrected chi connectivity index (χ2v) is 4.83. The van der Waals surface area contributed by atoms with E-state index in [2.05, 4.69) is 4.98 Å². The average Bonchev–Trinajstić information content (AvgIpc) is 2.73. The predicted octanol–water partition coefficient (Wildman–Crippen LogP) is 0.270. The van der Waals surface area contributed by atoms with Gasteiger partial charge in [0.15, 0.2) is 5.69 Å². The van der Waals surface area contributed by atoms with Crippen LogP contribution in [0.15, 0.2) is 0 Å². The van der Waals surface area contributed by atoms with Crippen molar-refractivity contribution >= 4 is 23.6 Å². The second-order valence-electron chi connectivity index (χ2n) is 4.83. The van der Waals surface area contributed by atoms with Crippen molar-refractivity contribution in [3.8, 4) is 0 Å². The Morgan fingerprint density at radius 2 is 2.14 bits per heavy atom. The number of likely N-dealkylation sites (tertiary alicyclic amines) is 1. The number of nitrogens with two attached hydrogens (primary N) is 1. The number of esters is 1. The summed E-state index contributed by atoms with van der Waals surface area (Å²) in [4.78, 5) is 40.7. The summed E-state index contributed by atoms with van der Waals surface area (Å²) in [5, 5.41) is 0. The molecule has 1 aromatic rings. The van der Waals surface area contributed by atoms with E-state index in [9.17, 15) is 14.4 Å². The quantitative estimate of drug-likeness (QED) is 0.633. The molecule has 0 bridgehead atoms. The number of aryl methyl sites for hydroxylation is 1. The molecule has 0 radical (unpaired) electrons. The third kappa shape index (κ3) is 2.48. The molecule has 8 nitrogen and oxygen atoms in total. The fourth-order valence-electron chi connectivity index (χ4n) is 2.44. The van der Waals surface area contributed by atoms with Crippen LogP contribution in [0, 0.1) is 6.92 Å². The molecule has 1 atom stereocenters. The lowest BCUT2D eigenvalue weighted by Gasteiger charge is -2.29. The van der Waals surface area contributed by atoms with E-state index in [0.29, 0.717) is 12.2 Å². The van der Waals surface area contributed by atoms with Crippen molar-refractivity contribution in [2.24, 2.45) is 0 Å². The molecule has 1 aliphatic rings. The first kappa shape index (κ1) is 15.0. The number of hydrogen-bond donors (Lipinski definition) is 1. The average molecular weight is 294 g/mol. The standard InChI is InChI=1S/C13H18N4O4/c1-4-21-13(20)10-11(14)17(7(2)15-10)8-5-6-9(18)16(3)12(8)19/h8H,4-6,14H2,1-3H3. The summed E-state index contributed by atoms with van der Waals surface area (Å²) < 4.78 is 6.38. The van der Waals surface area contributed by atoms with Crippen LogP contribution in [0.3, 0.4) is 0 Å². The normalized spacial score (nSPS) is 19.0. The number of ether oxygens (including phenoxy) is 1. The Balaban J connectivity index is 2.39. The molecule has 2 heterocycles. The molecule has 2 N–H and O–H groups in total. The van der Waals surface area contributed by atoms with E-state index in [1.54, 1.807) is 13.8 Å². The monoisotopic (exact) mass is 294 g/mol. The van der Waals surface area contributed by atoms with E-state index in [1.807, 2.05) is 0 Å². The van der Waals surface area contributed by atoms with Crippen molar-refractivity contribution in [1.82, 2.24) is 14.5 Å². The molecule has 1 saturated heterocycles. The highest BCUT2D eigenvalue weighted by Gasteiger charge is 2.36. The summed E-state index contributed by atoms with van der Waals surface area (Å²) in [5.41, 5.74) is 5.95. The van der Waals surface area contributed by atoms with Crippen LogP contribution in [0.4, 0.5) is 5.82 Å². The fourth-order valence-corrected chi connectivity index (χ4v) is 2.44. The Hall–Kier alpha value is -2.38. The summed E-state index contributed by atoms with van der Waals surface area (Å²) >= 11 is 0. The number of piperidine rings is 1. The zero-order valence-electron chi connectivity index (χ0n) is 12.3. The summed E-state index contributed by atoms with van der Waals surface area (Å²) in [6.45, 7) is 3.55. The molecule has 1 aromatic heterocycles. The number of rotatable bonds is 3. The number of nitrogen functional groups attached to an aromatic ring is 1. The van der Waals surface area contributed by atoms with Gasteiger partial charge in [-0.1, -0.05) is 0 Å². The smallest absolute Gasteiger partial charge is 0.360 e. The number of amides is 2. The molecule has 0 spiro atoms. The Kier molecular flexibility index (Phi) is 3.97. The summed E-state index contributed by atoms with van der Waals surface area (Å²) in [7, 11) is 1.44. The van der Waals surface area contributed by atoms with Gasteiger partial charge in [0, 0.05) is 13.5 Å². The third-order valence-corrected chi connectivity index (χ3v) is 3.53. The molecule has 0 aliphatic carbocycles. The van der Waals surface area contributed by atoms with Gasteiger partial charge in [-0.25, -0.2) is 9.78 Å². The lowest BCUT2D eigenvalue weighted by molar-refractivity contribution is -0.149. The molecule has 0 aromatic carbocycles. The first-order chi connectivity index (χ1) is 9.88. The third-order valence-electron chi connectivity index (χ3n) is 3.53. The maximum absolute atomic E-state index is 12.2. The van der Waals surface area contributed by atoms with E-state index >= 15 is 0 Å². The second kappa shape index (κ2) is 5.55. The van der Waals surface area contributed by atoms with Crippen molar-refractivity contribution in [2.75, 3.05) is 19.4 Å². The molecule has 1 aliphatic heterocycles. The molecule has 2 amide bonds. The van der Waals surface area contributed by atoms with Gasteiger partial charge in [0.05, 0.1) is 6.61 Å². The highest BCUT2D eigenvalue weighted by Crippen LogP contribution is 2.28. The van der Waals surface area contributed by atoms with Gasteiger partial charge in [0.2, 0.25) is 5.91 Å². The highest BCUT2D eigenvalue weighted by molar-refractivity contribution is 6.00. The maximum atomic E-state index is 12.2. The molecular weight excluding hydrogens is 276 g/mol. The minimum atomic E-state index is -0.622. The van der Waals surface area contributed by atoms with Gasteiger partial charge < -0.3 is 15.0 Å². The van der Waals surface area contributed by atoms with Crippen molar-refractivity contribution in [3.05, 3.63) is 11.5 Å². The van der Waals surface area contributed by atoms with Gasteiger partial charge in [0.25, 0.3) is 5.91 Å². The number of imidazole rings is 1. The van der Waals surface area contributed by atoms with Crippen molar-refractivity contribution in [1.29, 1.82) is 0 Å². The molecular formula is C13H18N4O4. The number of hydrogen-bond acceptors (Lipinski definition) is 6. The number of imide groups is 1. The summed E-state index contributed by atoms with van der Waals surface area (Å²) in [6, 6.07) is -0.622. The van der Waals surface area contributed by atoms with Crippen LogP contribution < -0.4 is 5.73 Å². The number of carbonyl (C=O) groups is 3. The van der Waals surface area contributed by atoms with Crippen molar-refractivity contribution < 1.29 is 19.1 Å². The Bertz CT molecular complexity index is 608. The largest absolute Gasteiger partial charge is 0.461 e. The topological polar surface area (TPSA) is 108 Å². The molecule has 0 saturated carbocycles. The van der Waals surface area contributed by atoms with Crippen LogP contribution in [0.5, 0.6) is 0 Å². The Morgan fingerprint density at radius 3 is 2.76 bits per heavy atom. The van der Waals surface area contributed by atoms with Crippen LogP contribution in [-0.4, -0.2) is 45.9 Å². The van der Waals surface area contributed by atoms with Crippen LogP contribution in [0.2, 0.25) is 0 Å². The van der Waals surface area contributed by atoms with E-state index in [-0.39, 0.29) is 36.4 Å².